The van der Waals surface area contributed by atoms with E-state index in [-0.39, 0.29) is 0 Å². The van der Waals surface area contributed by atoms with Gasteiger partial charge in [0.2, 0.25) is 0 Å². The molecule has 0 bridgehead atoms. The summed E-state index contributed by atoms with van der Waals surface area (Å²) in [6, 6.07) is 2.15. The van der Waals surface area contributed by atoms with E-state index >= 15 is 0 Å². The van der Waals surface area contributed by atoms with Crippen molar-refractivity contribution < 1.29 is 0 Å². The molecule has 0 radical (unpaired) electrons. The fourth-order valence-corrected chi connectivity index (χ4v) is 2.76. The van der Waals surface area contributed by atoms with Gasteiger partial charge < -0.3 is 5.32 Å². The van der Waals surface area contributed by atoms with Crippen LogP contribution in [0.25, 0.3) is 0 Å². The predicted octanol–water partition coefficient (Wildman–Crippen LogP) is 4.62. The molecule has 122 valence electrons. The van der Waals surface area contributed by atoms with Crippen LogP contribution in [-0.2, 0) is 6.54 Å². The van der Waals surface area contributed by atoms with Crippen molar-refractivity contribution in [2.75, 3.05) is 13.1 Å². The van der Waals surface area contributed by atoms with E-state index in [1.54, 1.807) is 0 Å². The Morgan fingerprint density at radius 3 is 2.14 bits per heavy atom. The lowest BCUT2D eigenvalue weighted by Gasteiger charge is -2.06. The molecule has 0 aliphatic rings. The van der Waals surface area contributed by atoms with Crippen LogP contribution in [0, 0.1) is 13.8 Å². The predicted molar refractivity (Wildman–Crippen MR) is 91.8 cm³/mol. The van der Waals surface area contributed by atoms with Crippen LogP contribution in [0.4, 0.5) is 0 Å². The fraction of sp³-hybridized carbons (Fsp3) is 0.833. The molecular weight excluding hydrogens is 258 g/mol. The number of unbranched alkanes of at least 4 members (excludes halogenated alkanes) is 7. The highest BCUT2D eigenvalue weighted by atomic mass is 15.3. The second-order valence-electron chi connectivity index (χ2n) is 6.23. The van der Waals surface area contributed by atoms with E-state index in [0.29, 0.717) is 0 Å². The van der Waals surface area contributed by atoms with Crippen LogP contribution in [0.2, 0.25) is 0 Å². The van der Waals surface area contributed by atoms with Crippen molar-refractivity contribution in [2.45, 2.75) is 85.1 Å². The van der Waals surface area contributed by atoms with Gasteiger partial charge >= 0.3 is 0 Å². The Hall–Kier alpha value is -0.830. The van der Waals surface area contributed by atoms with Gasteiger partial charge in [-0.25, -0.2) is 0 Å². The van der Waals surface area contributed by atoms with Gasteiger partial charge in [-0.2, -0.15) is 5.10 Å². The average molecular weight is 293 g/mol. The van der Waals surface area contributed by atoms with Crippen LogP contribution in [0.3, 0.4) is 0 Å². The molecule has 3 nitrogen and oxygen atoms in total. The van der Waals surface area contributed by atoms with Crippen molar-refractivity contribution in [1.82, 2.24) is 15.1 Å². The van der Waals surface area contributed by atoms with Crippen LogP contribution in [0.1, 0.15) is 76.1 Å². The van der Waals surface area contributed by atoms with Crippen LogP contribution < -0.4 is 5.32 Å². The maximum absolute atomic E-state index is 4.49. The zero-order chi connectivity index (χ0) is 15.3. The Balaban J connectivity index is 1.84. The van der Waals surface area contributed by atoms with E-state index in [4.69, 9.17) is 0 Å². The molecule has 0 atom stereocenters. The van der Waals surface area contributed by atoms with Gasteiger partial charge in [-0.3, -0.25) is 4.68 Å². The lowest BCUT2D eigenvalue weighted by Crippen LogP contribution is -2.18. The second-order valence-corrected chi connectivity index (χ2v) is 6.23. The van der Waals surface area contributed by atoms with Crippen molar-refractivity contribution >= 4 is 0 Å². The lowest BCUT2D eigenvalue weighted by atomic mass is 10.1. The third kappa shape index (κ3) is 8.92. The maximum atomic E-state index is 4.49. The molecule has 0 unspecified atom stereocenters. The Kier molecular flexibility index (Phi) is 10.2. The van der Waals surface area contributed by atoms with Crippen molar-refractivity contribution in [2.24, 2.45) is 0 Å². The highest BCUT2D eigenvalue weighted by Crippen LogP contribution is 2.08. The fourth-order valence-electron chi connectivity index (χ4n) is 2.76. The quantitative estimate of drug-likeness (QED) is 0.538. The molecule has 0 fully saturated rings. The summed E-state index contributed by atoms with van der Waals surface area (Å²) in [5.41, 5.74) is 2.40. The molecule has 0 aliphatic carbocycles. The third-order valence-corrected chi connectivity index (χ3v) is 4.03. The van der Waals surface area contributed by atoms with E-state index < -0.39 is 0 Å². The first-order valence-electron chi connectivity index (χ1n) is 8.96. The standard InChI is InChI=1S/C18H35N3/c1-4-5-6-7-8-9-10-11-13-19-14-12-15-21-18(3)16-17(2)20-21/h16,19H,4-15H2,1-3H3. The van der Waals surface area contributed by atoms with Crippen molar-refractivity contribution in [3.05, 3.63) is 17.5 Å². The number of hydrogen-bond acceptors (Lipinski definition) is 2. The van der Waals surface area contributed by atoms with Gasteiger partial charge in [0.1, 0.15) is 0 Å². The SMILES string of the molecule is CCCCCCCCCCNCCCn1nc(C)cc1C. The number of rotatable bonds is 13. The molecule has 0 aromatic carbocycles. The maximum Gasteiger partial charge on any atom is 0.0596 e. The molecule has 3 heteroatoms. The van der Waals surface area contributed by atoms with Crippen molar-refractivity contribution in [3.8, 4) is 0 Å². The van der Waals surface area contributed by atoms with Gasteiger partial charge in [0.25, 0.3) is 0 Å². The summed E-state index contributed by atoms with van der Waals surface area (Å²) >= 11 is 0. The highest BCUT2D eigenvalue weighted by molar-refractivity contribution is 5.06. The first-order chi connectivity index (χ1) is 10.2. The van der Waals surface area contributed by atoms with E-state index in [1.807, 2.05) is 0 Å². The monoisotopic (exact) mass is 293 g/mol. The van der Waals surface area contributed by atoms with Crippen molar-refractivity contribution in [1.29, 1.82) is 0 Å². The van der Waals surface area contributed by atoms with Gasteiger partial charge in [0.05, 0.1) is 5.69 Å². The number of nitrogens with zero attached hydrogens (tertiary/aromatic N) is 2. The summed E-state index contributed by atoms with van der Waals surface area (Å²) in [6.45, 7) is 9.78. The van der Waals surface area contributed by atoms with Gasteiger partial charge in [-0.15, -0.1) is 0 Å². The van der Waals surface area contributed by atoms with Gasteiger partial charge in [0.15, 0.2) is 0 Å². The van der Waals surface area contributed by atoms with E-state index in [1.165, 1.54) is 70.0 Å². The minimum absolute atomic E-state index is 1.03. The zero-order valence-corrected chi connectivity index (χ0v) is 14.5. The molecule has 0 aliphatic heterocycles. The molecule has 1 aromatic heterocycles. The lowest BCUT2D eigenvalue weighted by molar-refractivity contribution is 0.515. The van der Waals surface area contributed by atoms with E-state index in [2.05, 4.69) is 41.9 Å². The Labute approximate surface area is 131 Å². The topological polar surface area (TPSA) is 29.9 Å². The van der Waals surface area contributed by atoms with Crippen molar-refractivity contribution in [3.63, 3.8) is 0 Å². The molecule has 1 heterocycles. The Morgan fingerprint density at radius 1 is 0.905 bits per heavy atom. The Bertz CT molecular complexity index is 357. The second kappa shape index (κ2) is 11.8. The molecule has 0 saturated carbocycles. The number of hydrogen-bond donors (Lipinski definition) is 1. The Morgan fingerprint density at radius 2 is 1.52 bits per heavy atom. The van der Waals surface area contributed by atoms with Gasteiger partial charge in [0, 0.05) is 12.2 Å². The molecule has 0 amide bonds. The largest absolute Gasteiger partial charge is 0.317 e. The van der Waals surface area contributed by atoms with Gasteiger partial charge in [-0.05, 0) is 45.8 Å². The van der Waals surface area contributed by atoms with E-state index in [9.17, 15) is 0 Å². The molecule has 0 saturated heterocycles. The first-order valence-corrected chi connectivity index (χ1v) is 8.96. The summed E-state index contributed by atoms with van der Waals surface area (Å²) in [7, 11) is 0. The zero-order valence-electron chi connectivity index (χ0n) is 14.5. The molecule has 21 heavy (non-hydrogen) atoms. The molecule has 1 rings (SSSR count). The third-order valence-electron chi connectivity index (χ3n) is 4.03. The average Bonchev–Trinajstić information content (AvgIpc) is 2.78. The summed E-state index contributed by atoms with van der Waals surface area (Å²) in [5.74, 6) is 0. The van der Waals surface area contributed by atoms with Crippen LogP contribution >= 0.6 is 0 Å². The molecular formula is C18H35N3. The highest BCUT2D eigenvalue weighted by Gasteiger charge is 1.99. The van der Waals surface area contributed by atoms with E-state index in [0.717, 1.165) is 18.8 Å². The molecule has 1 aromatic rings. The number of aromatic nitrogens is 2. The van der Waals surface area contributed by atoms with Crippen LogP contribution in [-0.4, -0.2) is 22.9 Å². The molecule has 1 N–H and O–H groups in total. The summed E-state index contributed by atoms with van der Waals surface area (Å²) < 4.78 is 2.12. The minimum atomic E-state index is 1.03. The van der Waals surface area contributed by atoms with Crippen LogP contribution in [0.5, 0.6) is 0 Å². The summed E-state index contributed by atoms with van der Waals surface area (Å²) in [4.78, 5) is 0. The van der Waals surface area contributed by atoms with Crippen LogP contribution in [0.15, 0.2) is 6.07 Å². The minimum Gasteiger partial charge on any atom is -0.317 e. The normalized spacial score (nSPS) is 11.2. The summed E-state index contributed by atoms with van der Waals surface area (Å²) in [6.07, 6.45) is 12.3. The first kappa shape index (κ1) is 18.2. The molecule has 0 spiro atoms. The smallest absolute Gasteiger partial charge is 0.0596 e. The number of nitrogens with one attached hydrogen (secondary N) is 1. The van der Waals surface area contributed by atoms with Gasteiger partial charge in [-0.1, -0.05) is 51.9 Å². The number of aryl methyl sites for hydroxylation is 3. The summed E-state index contributed by atoms with van der Waals surface area (Å²) in [5, 5.41) is 8.04.